The number of likely N-dealkylation sites (tertiary alicyclic amines) is 1. The molecule has 0 saturated carbocycles. The fraction of sp³-hybridized carbons (Fsp3) is 0.417. The Hall–Kier alpha value is -2.93. The number of halogens is 1. The second-order valence-corrected chi connectivity index (χ2v) is 8.30. The monoisotopic (exact) mass is 459 g/mol. The molecule has 0 bridgehead atoms. The van der Waals surface area contributed by atoms with Crippen molar-refractivity contribution in [2.75, 3.05) is 39.2 Å². The summed E-state index contributed by atoms with van der Waals surface area (Å²) in [4.78, 5) is 26.6. The van der Waals surface area contributed by atoms with Gasteiger partial charge in [0.1, 0.15) is 0 Å². The van der Waals surface area contributed by atoms with Crippen LogP contribution in [0.25, 0.3) is 0 Å². The highest BCUT2D eigenvalue weighted by Gasteiger charge is 2.24. The highest BCUT2D eigenvalue weighted by Crippen LogP contribution is 2.27. The number of urea groups is 1. The van der Waals surface area contributed by atoms with Crippen molar-refractivity contribution in [2.45, 2.75) is 25.7 Å². The second kappa shape index (κ2) is 11.6. The number of amides is 3. The average Bonchev–Trinajstić information content (AvgIpc) is 2.79. The molecular weight excluding hydrogens is 430 g/mol. The van der Waals surface area contributed by atoms with Gasteiger partial charge in [0.15, 0.2) is 11.5 Å². The third kappa shape index (κ3) is 6.79. The Kier molecular flexibility index (Phi) is 8.62. The van der Waals surface area contributed by atoms with Crippen molar-refractivity contribution in [1.29, 1.82) is 0 Å². The SMILES string of the molecule is COc1ccc(CCNC(=O)CC2CCN(C(=O)Nc3cccc(Cl)c3)CC2)cc1OC. The maximum absolute atomic E-state index is 12.4. The van der Waals surface area contributed by atoms with Crippen LogP contribution in [0.1, 0.15) is 24.8 Å². The zero-order chi connectivity index (χ0) is 22.9. The lowest BCUT2D eigenvalue weighted by atomic mass is 9.93. The summed E-state index contributed by atoms with van der Waals surface area (Å²) < 4.78 is 10.6. The topological polar surface area (TPSA) is 79.9 Å². The van der Waals surface area contributed by atoms with Crippen molar-refractivity contribution >= 4 is 29.2 Å². The molecule has 7 nitrogen and oxygen atoms in total. The summed E-state index contributed by atoms with van der Waals surface area (Å²) in [5.41, 5.74) is 1.75. The molecule has 8 heteroatoms. The summed E-state index contributed by atoms with van der Waals surface area (Å²) in [6.45, 7) is 1.83. The molecule has 2 aromatic rings. The molecule has 0 aromatic heterocycles. The van der Waals surface area contributed by atoms with Crippen molar-refractivity contribution in [1.82, 2.24) is 10.2 Å². The molecule has 1 aliphatic rings. The summed E-state index contributed by atoms with van der Waals surface area (Å²) in [6.07, 6.45) is 2.82. The van der Waals surface area contributed by atoms with E-state index in [4.69, 9.17) is 21.1 Å². The summed E-state index contributed by atoms with van der Waals surface area (Å²) in [5, 5.41) is 6.46. The van der Waals surface area contributed by atoms with Crippen LogP contribution < -0.4 is 20.1 Å². The van der Waals surface area contributed by atoms with Gasteiger partial charge in [0.05, 0.1) is 14.2 Å². The number of anilines is 1. The molecule has 0 atom stereocenters. The van der Waals surface area contributed by atoms with Crippen LogP contribution >= 0.6 is 11.6 Å². The fourth-order valence-electron chi connectivity index (χ4n) is 3.83. The quantitative estimate of drug-likeness (QED) is 0.615. The second-order valence-electron chi connectivity index (χ2n) is 7.86. The van der Waals surface area contributed by atoms with Gasteiger partial charge in [0, 0.05) is 36.8 Å². The van der Waals surface area contributed by atoms with E-state index in [-0.39, 0.29) is 17.9 Å². The zero-order valence-corrected chi connectivity index (χ0v) is 19.3. The number of hydrogen-bond acceptors (Lipinski definition) is 4. The Labute approximate surface area is 194 Å². The molecule has 2 N–H and O–H groups in total. The molecular formula is C24H30ClN3O4. The van der Waals surface area contributed by atoms with Crippen LogP contribution in [0.2, 0.25) is 5.02 Å². The molecule has 0 unspecified atom stereocenters. The van der Waals surface area contributed by atoms with E-state index in [2.05, 4.69) is 10.6 Å². The van der Waals surface area contributed by atoms with Gasteiger partial charge in [-0.3, -0.25) is 4.79 Å². The number of nitrogens with one attached hydrogen (secondary N) is 2. The third-order valence-corrected chi connectivity index (χ3v) is 5.87. The van der Waals surface area contributed by atoms with Gasteiger partial charge in [-0.25, -0.2) is 4.79 Å². The maximum atomic E-state index is 12.4. The van der Waals surface area contributed by atoms with Gasteiger partial charge >= 0.3 is 6.03 Å². The van der Waals surface area contributed by atoms with Crippen LogP contribution in [0.15, 0.2) is 42.5 Å². The highest BCUT2D eigenvalue weighted by molar-refractivity contribution is 6.30. The zero-order valence-electron chi connectivity index (χ0n) is 18.5. The van der Waals surface area contributed by atoms with Crippen molar-refractivity contribution in [2.24, 2.45) is 5.92 Å². The molecule has 3 rings (SSSR count). The molecule has 1 saturated heterocycles. The van der Waals surface area contributed by atoms with Gasteiger partial charge in [0.25, 0.3) is 0 Å². The lowest BCUT2D eigenvalue weighted by Crippen LogP contribution is -2.42. The normalized spacial score (nSPS) is 14.0. The minimum absolute atomic E-state index is 0.0484. The first-order valence-electron chi connectivity index (χ1n) is 10.8. The predicted molar refractivity (Wildman–Crippen MR) is 126 cm³/mol. The van der Waals surface area contributed by atoms with Crippen LogP contribution in [0.3, 0.4) is 0 Å². The van der Waals surface area contributed by atoms with Crippen molar-refractivity contribution in [3.63, 3.8) is 0 Å². The number of ether oxygens (including phenoxy) is 2. The van der Waals surface area contributed by atoms with E-state index in [1.807, 2.05) is 24.3 Å². The molecule has 172 valence electrons. The van der Waals surface area contributed by atoms with Crippen LogP contribution in [-0.4, -0.2) is 50.7 Å². The molecule has 0 spiro atoms. The number of piperidine rings is 1. The predicted octanol–water partition coefficient (Wildman–Crippen LogP) is 4.35. The number of carbonyl (C=O) groups excluding carboxylic acids is 2. The number of hydrogen-bond donors (Lipinski definition) is 2. The standard InChI is InChI=1S/C24H30ClN3O4/c1-31-21-7-6-17(14-22(21)32-2)8-11-26-23(29)15-18-9-12-28(13-10-18)24(30)27-20-5-3-4-19(25)16-20/h3-7,14,16,18H,8-13,15H2,1-2H3,(H,26,29)(H,27,30). The first-order chi connectivity index (χ1) is 15.5. The maximum Gasteiger partial charge on any atom is 0.321 e. The lowest BCUT2D eigenvalue weighted by molar-refractivity contribution is -0.122. The van der Waals surface area contributed by atoms with Gasteiger partial charge in [-0.1, -0.05) is 23.7 Å². The van der Waals surface area contributed by atoms with E-state index in [1.165, 1.54) is 0 Å². The van der Waals surface area contributed by atoms with Crippen molar-refractivity contribution in [3.05, 3.63) is 53.1 Å². The first kappa shape index (κ1) is 23.7. The molecule has 1 aliphatic heterocycles. The molecule has 32 heavy (non-hydrogen) atoms. The van der Waals surface area contributed by atoms with Crippen LogP contribution in [0, 0.1) is 5.92 Å². The fourth-order valence-corrected chi connectivity index (χ4v) is 4.02. The Bertz CT molecular complexity index is 929. The van der Waals surface area contributed by atoms with Gasteiger partial charge in [-0.05, 0) is 61.1 Å². The van der Waals surface area contributed by atoms with E-state index >= 15 is 0 Å². The number of benzene rings is 2. The van der Waals surface area contributed by atoms with Crippen LogP contribution in [-0.2, 0) is 11.2 Å². The van der Waals surface area contributed by atoms with Crippen LogP contribution in [0.4, 0.5) is 10.5 Å². The number of methoxy groups -OCH3 is 2. The van der Waals surface area contributed by atoms with Crippen LogP contribution in [0.5, 0.6) is 11.5 Å². The summed E-state index contributed by atoms with van der Waals surface area (Å²) in [7, 11) is 3.21. The third-order valence-electron chi connectivity index (χ3n) is 5.64. The lowest BCUT2D eigenvalue weighted by Gasteiger charge is -2.31. The summed E-state index contributed by atoms with van der Waals surface area (Å²) in [6, 6.07) is 12.7. The van der Waals surface area contributed by atoms with E-state index < -0.39 is 0 Å². The number of rotatable bonds is 8. The Morgan fingerprint density at radius 2 is 1.81 bits per heavy atom. The van der Waals surface area contributed by atoms with Gasteiger partial charge in [0.2, 0.25) is 5.91 Å². The Morgan fingerprint density at radius 1 is 1.06 bits per heavy atom. The molecule has 0 radical (unpaired) electrons. The van der Waals surface area contributed by atoms with E-state index in [9.17, 15) is 9.59 Å². The molecule has 0 aliphatic carbocycles. The smallest absolute Gasteiger partial charge is 0.321 e. The van der Waals surface area contributed by atoms with E-state index in [1.54, 1.807) is 37.3 Å². The highest BCUT2D eigenvalue weighted by atomic mass is 35.5. The average molecular weight is 460 g/mol. The number of nitrogens with zero attached hydrogens (tertiary/aromatic N) is 1. The molecule has 3 amide bonds. The van der Waals surface area contributed by atoms with Crippen molar-refractivity contribution < 1.29 is 19.1 Å². The van der Waals surface area contributed by atoms with E-state index in [0.717, 1.165) is 18.4 Å². The van der Waals surface area contributed by atoms with Gasteiger partial charge < -0.3 is 25.0 Å². The minimum atomic E-state index is -0.134. The van der Waals surface area contributed by atoms with Gasteiger partial charge in [-0.15, -0.1) is 0 Å². The molecule has 1 heterocycles. The summed E-state index contributed by atoms with van der Waals surface area (Å²) in [5.74, 6) is 1.70. The minimum Gasteiger partial charge on any atom is -0.493 e. The van der Waals surface area contributed by atoms with Gasteiger partial charge in [-0.2, -0.15) is 0 Å². The molecule has 2 aromatic carbocycles. The summed E-state index contributed by atoms with van der Waals surface area (Å²) >= 11 is 5.97. The Morgan fingerprint density at radius 3 is 2.50 bits per heavy atom. The number of carbonyl (C=O) groups is 2. The van der Waals surface area contributed by atoms with Crippen molar-refractivity contribution in [3.8, 4) is 11.5 Å². The molecule has 1 fully saturated rings. The Balaban J connectivity index is 1.36. The largest absolute Gasteiger partial charge is 0.493 e. The first-order valence-corrected chi connectivity index (χ1v) is 11.2. The van der Waals surface area contributed by atoms with E-state index in [0.29, 0.717) is 54.7 Å².